The number of benzene rings is 1. The van der Waals surface area contributed by atoms with Crippen molar-refractivity contribution in [3.8, 4) is 0 Å². The van der Waals surface area contributed by atoms with Crippen molar-refractivity contribution in [2.75, 3.05) is 5.75 Å². The van der Waals surface area contributed by atoms with Gasteiger partial charge in [-0.15, -0.1) is 0 Å². The predicted octanol–water partition coefficient (Wildman–Crippen LogP) is 3.41. The molecular weight excluding hydrogens is 334 g/mol. The smallest absolute Gasteiger partial charge is 0.224 e. The summed E-state index contributed by atoms with van der Waals surface area (Å²) in [7, 11) is -3.13. The molecule has 1 aromatic rings. The summed E-state index contributed by atoms with van der Waals surface area (Å²) in [6.45, 7) is 0. The Bertz CT molecular complexity index is 748. The lowest BCUT2D eigenvalue weighted by molar-refractivity contribution is -0.134. The Balaban J connectivity index is 1.46. The molecule has 1 amide bonds. The minimum atomic E-state index is -3.13. The van der Waals surface area contributed by atoms with E-state index in [4.69, 9.17) is 0 Å². The highest BCUT2D eigenvalue weighted by atomic mass is 32.2. The fourth-order valence-electron chi connectivity index (χ4n) is 4.58. The van der Waals surface area contributed by atoms with Crippen LogP contribution in [-0.4, -0.2) is 36.3 Å². The van der Waals surface area contributed by atoms with E-state index < -0.39 is 9.84 Å². The first-order valence-corrected chi connectivity index (χ1v) is 11.4. The van der Waals surface area contributed by atoms with E-state index in [9.17, 15) is 13.2 Å². The molecule has 2 fully saturated rings. The molecule has 25 heavy (non-hydrogen) atoms. The average Bonchev–Trinajstić information content (AvgIpc) is 3.11. The van der Waals surface area contributed by atoms with E-state index in [1.807, 2.05) is 11.0 Å². The molecule has 4 nitrogen and oxygen atoms in total. The molecule has 0 N–H and O–H groups in total. The molecule has 0 spiro atoms. The highest BCUT2D eigenvalue weighted by Crippen LogP contribution is 2.42. The molecule has 5 heteroatoms. The van der Waals surface area contributed by atoms with Gasteiger partial charge in [0.15, 0.2) is 9.84 Å². The maximum absolute atomic E-state index is 12.9. The third-order valence-electron chi connectivity index (χ3n) is 6.08. The second-order valence-electron chi connectivity index (χ2n) is 7.81. The van der Waals surface area contributed by atoms with Crippen molar-refractivity contribution < 1.29 is 13.2 Å². The van der Waals surface area contributed by atoms with Crippen LogP contribution in [0.1, 0.15) is 68.5 Å². The van der Waals surface area contributed by atoms with Gasteiger partial charge in [0, 0.05) is 12.5 Å². The minimum Gasteiger partial charge on any atom is -0.333 e. The minimum absolute atomic E-state index is 0.0219. The molecule has 1 aromatic carbocycles. The number of carbonyl (C=O) groups is 1. The molecule has 3 aliphatic carbocycles. The maximum Gasteiger partial charge on any atom is 0.224 e. The van der Waals surface area contributed by atoms with E-state index in [2.05, 4.69) is 18.2 Å². The summed E-state index contributed by atoms with van der Waals surface area (Å²) in [5.74, 6) is 0.0550. The second kappa shape index (κ2) is 6.75. The quantitative estimate of drug-likeness (QED) is 0.780. The van der Waals surface area contributed by atoms with Gasteiger partial charge in [-0.05, 0) is 49.7 Å². The van der Waals surface area contributed by atoms with Crippen LogP contribution in [0.3, 0.4) is 0 Å². The fraction of sp³-hybridized carbons (Fsp3) is 0.650. The summed E-state index contributed by atoms with van der Waals surface area (Å²) in [4.78, 5) is 15.0. The van der Waals surface area contributed by atoms with Crippen LogP contribution < -0.4 is 0 Å². The average molecular weight is 362 g/mol. The number of amides is 1. The summed E-state index contributed by atoms with van der Waals surface area (Å²) in [5, 5.41) is -0.207. The van der Waals surface area contributed by atoms with Gasteiger partial charge in [0.1, 0.15) is 0 Å². The molecule has 0 heterocycles. The summed E-state index contributed by atoms with van der Waals surface area (Å²) in [6.07, 6.45) is 7.80. The number of aryl methyl sites for hydroxylation is 1. The molecular formula is C20H27NO3S. The van der Waals surface area contributed by atoms with Crippen molar-refractivity contribution in [1.29, 1.82) is 0 Å². The number of fused-ring (bicyclic) bond motifs is 1. The zero-order valence-corrected chi connectivity index (χ0v) is 15.5. The highest BCUT2D eigenvalue weighted by Gasteiger charge is 2.40. The van der Waals surface area contributed by atoms with Gasteiger partial charge in [-0.25, -0.2) is 8.42 Å². The Kier molecular flexibility index (Phi) is 4.61. The highest BCUT2D eigenvalue weighted by molar-refractivity contribution is 7.92. The van der Waals surface area contributed by atoms with Gasteiger partial charge in [0.05, 0.1) is 17.0 Å². The van der Waals surface area contributed by atoms with Crippen molar-refractivity contribution in [1.82, 2.24) is 4.90 Å². The van der Waals surface area contributed by atoms with Gasteiger partial charge < -0.3 is 4.90 Å². The number of nitrogens with zero attached hydrogens (tertiary/aromatic N) is 1. The van der Waals surface area contributed by atoms with Crippen LogP contribution in [0.2, 0.25) is 0 Å². The van der Waals surface area contributed by atoms with Gasteiger partial charge in [-0.3, -0.25) is 4.79 Å². The van der Waals surface area contributed by atoms with E-state index in [0.717, 1.165) is 51.4 Å². The van der Waals surface area contributed by atoms with Gasteiger partial charge in [-0.2, -0.15) is 0 Å². The number of carbonyl (C=O) groups excluding carboxylic acids is 1. The Morgan fingerprint density at radius 1 is 1.04 bits per heavy atom. The maximum atomic E-state index is 12.9. The third-order valence-corrected chi connectivity index (χ3v) is 8.34. The van der Waals surface area contributed by atoms with Crippen molar-refractivity contribution in [3.05, 3.63) is 35.4 Å². The Labute approximate surface area is 150 Å². The molecule has 4 rings (SSSR count). The second-order valence-corrected chi connectivity index (χ2v) is 10.2. The molecule has 136 valence electrons. The van der Waals surface area contributed by atoms with Crippen LogP contribution in [0.15, 0.2) is 24.3 Å². The van der Waals surface area contributed by atoms with Crippen molar-refractivity contribution in [2.24, 2.45) is 0 Å². The lowest BCUT2D eigenvalue weighted by atomic mass is 10.1. The topological polar surface area (TPSA) is 54.5 Å². The molecule has 0 saturated heterocycles. The summed E-state index contributed by atoms with van der Waals surface area (Å²) in [6, 6.07) is 8.83. The molecule has 3 aliphatic rings. The van der Waals surface area contributed by atoms with Crippen LogP contribution in [-0.2, 0) is 21.1 Å². The first-order valence-electron chi connectivity index (χ1n) is 9.67. The molecule has 0 radical (unpaired) electrons. The lowest BCUT2D eigenvalue weighted by Gasteiger charge is -2.30. The number of rotatable bonds is 6. The van der Waals surface area contributed by atoms with Gasteiger partial charge in [-0.1, -0.05) is 37.1 Å². The largest absolute Gasteiger partial charge is 0.333 e. The van der Waals surface area contributed by atoms with Crippen LogP contribution in [0.25, 0.3) is 0 Å². The zero-order chi connectivity index (χ0) is 17.4. The molecule has 1 atom stereocenters. The molecule has 0 aromatic heterocycles. The molecule has 0 aliphatic heterocycles. The van der Waals surface area contributed by atoms with Crippen molar-refractivity contribution in [3.63, 3.8) is 0 Å². The normalized spacial score (nSPS) is 23.6. The van der Waals surface area contributed by atoms with Crippen LogP contribution >= 0.6 is 0 Å². The standard InChI is InChI=1S/C20H27NO3S/c22-20(13-14-25(23,24)17-6-2-3-7-17)21(16-10-11-16)19-12-9-15-5-1-4-8-18(15)19/h1,4-5,8,16-17,19H,2-3,6-7,9-14H2. The number of hydrogen-bond donors (Lipinski definition) is 0. The Morgan fingerprint density at radius 2 is 1.76 bits per heavy atom. The third kappa shape index (κ3) is 3.48. The first kappa shape index (κ1) is 17.1. The first-order chi connectivity index (χ1) is 12.1. The van der Waals surface area contributed by atoms with E-state index in [0.29, 0.717) is 6.04 Å². The summed E-state index contributed by atoms with van der Waals surface area (Å²) < 4.78 is 25.0. The van der Waals surface area contributed by atoms with Crippen molar-refractivity contribution in [2.45, 2.75) is 75.1 Å². The number of sulfone groups is 1. The van der Waals surface area contributed by atoms with Crippen LogP contribution in [0.4, 0.5) is 0 Å². The fourth-order valence-corrected chi connectivity index (χ4v) is 6.43. The summed E-state index contributed by atoms with van der Waals surface area (Å²) >= 11 is 0. The summed E-state index contributed by atoms with van der Waals surface area (Å²) in [5.41, 5.74) is 2.60. The van der Waals surface area contributed by atoms with Crippen LogP contribution in [0, 0.1) is 0 Å². The Morgan fingerprint density at radius 3 is 2.48 bits per heavy atom. The van der Waals surface area contributed by atoms with Gasteiger partial charge >= 0.3 is 0 Å². The van der Waals surface area contributed by atoms with Gasteiger partial charge in [0.2, 0.25) is 5.91 Å². The molecule has 1 unspecified atom stereocenters. The Hall–Kier alpha value is -1.36. The van der Waals surface area contributed by atoms with E-state index >= 15 is 0 Å². The number of hydrogen-bond acceptors (Lipinski definition) is 3. The molecule has 2 saturated carbocycles. The van der Waals surface area contributed by atoms with Gasteiger partial charge in [0.25, 0.3) is 0 Å². The zero-order valence-electron chi connectivity index (χ0n) is 14.7. The van der Waals surface area contributed by atoms with Crippen LogP contribution in [0.5, 0.6) is 0 Å². The van der Waals surface area contributed by atoms with E-state index in [-0.39, 0.29) is 29.4 Å². The SMILES string of the molecule is O=C(CCS(=O)(=O)C1CCCC1)N(C1CC1)C1CCc2ccccc21. The van der Waals surface area contributed by atoms with Crippen molar-refractivity contribution >= 4 is 15.7 Å². The van der Waals surface area contributed by atoms with E-state index in [1.54, 1.807) is 0 Å². The van der Waals surface area contributed by atoms with E-state index in [1.165, 1.54) is 11.1 Å². The predicted molar refractivity (Wildman–Crippen MR) is 98.0 cm³/mol. The monoisotopic (exact) mass is 361 g/mol. The lowest BCUT2D eigenvalue weighted by Crippen LogP contribution is -2.37. The molecule has 0 bridgehead atoms.